The van der Waals surface area contributed by atoms with Crippen molar-refractivity contribution in [1.82, 2.24) is 14.8 Å². The number of carbonyl (C=O) groups excluding carboxylic acids is 1. The van der Waals surface area contributed by atoms with Crippen molar-refractivity contribution in [1.29, 1.82) is 0 Å². The number of amides is 1. The zero-order valence-corrected chi connectivity index (χ0v) is 21.6. The van der Waals surface area contributed by atoms with Crippen molar-refractivity contribution >= 4 is 39.1 Å². The lowest BCUT2D eigenvalue weighted by Gasteiger charge is -2.40. The summed E-state index contributed by atoms with van der Waals surface area (Å²) in [6, 6.07) is 13.1. The van der Waals surface area contributed by atoms with E-state index in [4.69, 9.17) is 5.73 Å². The van der Waals surface area contributed by atoms with Crippen molar-refractivity contribution in [3.05, 3.63) is 71.5 Å². The molecule has 11 heteroatoms. The molecule has 8 nitrogen and oxygen atoms in total. The molecule has 2 N–H and O–H groups in total. The third-order valence-electron chi connectivity index (χ3n) is 6.66. The summed E-state index contributed by atoms with van der Waals surface area (Å²) in [7, 11) is 0. The molecule has 5 rings (SSSR count). The first-order valence-corrected chi connectivity index (χ1v) is 13.7. The molecule has 3 heterocycles. The Hall–Kier alpha value is -2.70. The van der Waals surface area contributed by atoms with Crippen LogP contribution in [0.25, 0.3) is 0 Å². The smallest absolute Gasteiger partial charge is 0.244 e. The van der Waals surface area contributed by atoms with Crippen LogP contribution in [0.15, 0.2) is 65.0 Å². The Morgan fingerprint density at radius 2 is 1.78 bits per heavy atom. The Labute approximate surface area is 221 Å². The molecule has 2 fully saturated rings. The van der Waals surface area contributed by atoms with E-state index in [-0.39, 0.29) is 33.0 Å². The van der Waals surface area contributed by atoms with E-state index in [1.807, 2.05) is 17.5 Å². The number of carbonyl (C=O) groups is 1. The SMILES string of the molecule is C[C@@H](c1ccc(F)cc1)N1CCN([C@H]2CCN(c3ccc(S(=O)[O-])cc3)C2=O)CC1.Nc1nccs1.[HH].[HH].[HH]. The van der Waals surface area contributed by atoms with Crippen molar-refractivity contribution in [2.75, 3.05) is 43.4 Å². The van der Waals surface area contributed by atoms with E-state index >= 15 is 0 Å². The molecule has 1 aromatic heterocycles. The number of nitrogens with two attached hydrogens (primary N) is 1. The van der Waals surface area contributed by atoms with E-state index in [1.165, 1.54) is 35.6 Å². The fraction of sp³-hybridized carbons (Fsp3) is 0.360. The Balaban J connectivity index is 0.000000750. The number of thiazole rings is 1. The zero-order chi connectivity index (χ0) is 25.7. The molecule has 0 bridgehead atoms. The van der Waals surface area contributed by atoms with Crippen LogP contribution in [0, 0.1) is 5.82 Å². The second-order valence-electron chi connectivity index (χ2n) is 8.69. The van der Waals surface area contributed by atoms with Gasteiger partial charge < -0.3 is 15.2 Å². The van der Waals surface area contributed by atoms with Crippen LogP contribution in [-0.4, -0.2) is 68.2 Å². The second-order valence-corrected chi connectivity index (χ2v) is 10.6. The third kappa shape index (κ3) is 6.34. The Kier molecular flexibility index (Phi) is 8.81. The molecule has 2 aromatic carbocycles. The Morgan fingerprint density at radius 1 is 1.11 bits per heavy atom. The van der Waals surface area contributed by atoms with Gasteiger partial charge in [-0.3, -0.25) is 18.8 Å². The lowest BCUT2D eigenvalue weighted by atomic mass is 10.1. The number of nitrogens with zero attached hydrogens (tertiary/aromatic N) is 4. The van der Waals surface area contributed by atoms with E-state index in [0.29, 0.717) is 11.7 Å². The van der Waals surface area contributed by atoms with E-state index in [1.54, 1.807) is 23.2 Å². The average molecular weight is 537 g/mol. The van der Waals surface area contributed by atoms with Crippen LogP contribution in [0.5, 0.6) is 0 Å². The van der Waals surface area contributed by atoms with Crippen LogP contribution in [-0.2, 0) is 15.9 Å². The maximum absolute atomic E-state index is 13.2. The standard InChI is InChI=1S/C22H26FN3O3S.C3H4N2S.3H2/c1-16(17-2-4-18(23)5-3-17)24-12-14-25(15-13-24)21-10-11-26(22(21)27)19-6-8-20(9-7-19)30(28)29;4-3-5-1-2-6-3;;;/h2-9,16,21H,10-15H2,1H3,(H,28,29);1-2H,(H2,4,5);3*1H/p-1/t16-,21-;;;;/m0..../s1. The van der Waals surface area contributed by atoms with Gasteiger partial charge in [-0.05, 0) is 66.4 Å². The van der Waals surface area contributed by atoms with Gasteiger partial charge in [0.2, 0.25) is 5.91 Å². The van der Waals surface area contributed by atoms with Crippen LogP contribution in [0.2, 0.25) is 0 Å². The molecular formula is C25H35FN5O3S2-. The van der Waals surface area contributed by atoms with Gasteiger partial charge in [0, 0.05) is 65.2 Å². The van der Waals surface area contributed by atoms with E-state index in [2.05, 4.69) is 21.7 Å². The van der Waals surface area contributed by atoms with Gasteiger partial charge in [0.05, 0.1) is 6.04 Å². The van der Waals surface area contributed by atoms with Crippen LogP contribution in [0.4, 0.5) is 15.2 Å². The number of piperazine rings is 1. The maximum Gasteiger partial charge on any atom is 0.244 e. The van der Waals surface area contributed by atoms with Gasteiger partial charge in [0.25, 0.3) is 0 Å². The number of rotatable bonds is 5. The van der Waals surface area contributed by atoms with Crippen LogP contribution >= 0.6 is 11.3 Å². The molecule has 2 aliphatic rings. The Bertz CT molecular complexity index is 1170. The second kappa shape index (κ2) is 12.0. The van der Waals surface area contributed by atoms with Gasteiger partial charge in [-0.2, -0.15) is 0 Å². The van der Waals surface area contributed by atoms with Gasteiger partial charge in [-0.25, -0.2) is 9.37 Å². The minimum absolute atomic E-state index is 0. The van der Waals surface area contributed by atoms with Crippen molar-refractivity contribution < 1.29 is 22.2 Å². The molecule has 3 aromatic rings. The summed E-state index contributed by atoms with van der Waals surface area (Å²) in [6.45, 7) is 6.09. The third-order valence-corrected chi connectivity index (χ3v) is 7.92. The monoisotopic (exact) mass is 536 g/mol. The lowest BCUT2D eigenvalue weighted by molar-refractivity contribution is -0.122. The summed E-state index contributed by atoms with van der Waals surface area (Å²) < 4.78 is 35.2. The predicted molar refractivity (Wildman–Crippen MR) is 145 cm³/mol. The highest BCUT2D eigenvalue weighted by Gasteiger charge is 2.38. The van der Waals surface area contributed by atoms with Gasteiger partial charge in [-0.15, -0.1) is 11.3 Å². The van der Waals surface area contributed by atoms with Gasteiger partial charge >= 0.3 is 0 Å². The zero-order valence-electron chi connectivity index (χ0n) is 20.0. The highest BCUT2D eigenvalue weighted by Crippen LogP contribution is 2.28. The summed E-state index contributed by atoms with van der Waals surface area (Å²) in [5.41, 5.74) is 7.01. The molecule has 198 valence electrons. The first kappa shape index (κ1) is 26.4. The number of halogens is 1. The molecule has 1 unspecified atom stereocenters. The normalized spacial score (nSPS) is 20.6. The number of anilines is 2. The van der Waals surface area contributed by atoms with Crippen LogP contribution < -0.4 is 10.6 Å². The summed E-state index contributed by atoms with van der Waals surface area (Å²) in [5, 5.41) is 2.48. The first-order valence-electron chi connectivity index (χ1n) is 11.7. The molecule has 1 amide bonds. The fourth-order valence-electron chi connectivity index (χ4n) is 4.62. The molecule has 2 aliphatic heterocycles. The van der Waals surface area contributed by atoms with E-state index in [9.17, 15) is 17.9 Å². The number of hydrogen-bond acceptors (Lipinski definition) is 8. The van der Waals surface area contributed by atoms with Crippen LogP contribution in [0.3, 0.4) is 0 Å². The molecule has 0 spiro atoms. The molecule has 3 atom stereocenters. The number of benzene rings is 2. The Morgan fingerprint density at radius 3 is 2.31 bits per heavy atom. The predicted octanol–water partition coefficient (Wildman–Crippen LogP) is 4.01. The van der Waals surface area contributed by atoms with E-state index in [0.717, 1.165) is 43.9 Å². The molecule has 0 saturated carbocycles. The summed E-state index contributed by atoms with van der Waals surface area (Å²) in [6.07, 6.45) is 2.45. The number of aromatic nitrogens is 1. The highest BCUT2D eigenvalue weighted by molar-refractivity contribution is 7.79. The van der Waals surface area contributed by atoms with Crippen molar-refractivity contribution in [3.8, 4) is 0 Å². The molecule has 0 radical (unpaired) electrons. The summed E-state index contributed by atoms with van der Waals surface area (Å²) in [5.74, 6) is -0.151. The first-order chi connectivity index (χ1) is 17.3. The number of hydrogen-bond donors (Lipinski definition) is 1. The molecule has 36 heavy (non-hydrogen) atoms. The van der Waals surface area contributed by atoms with E-state index < -0.39 is 11.1 Å². The average Bonchev–Trinajstić information content (AvgIpc) is 3.53. The number of nitrogen functional groups attached to an aromatic ring is 1. The van der Waals surface area contributed by atoms with Gasteiger partial charge in [0.1, 0.15) is 5.82 Å². The van der Waals surface area contributed by atoms with Crippen LogP contribution in [0.1, 0.15) is 29.2 Å². The maximum atomic E-state index is 13.2. The minimum Gasteiger partial charge on any atom is -0.768 e. The topological polar surface area (TPSA) is 106 Å². The van der Waals surface area contributed by atoms with Crippen molar-refractivity contribution in [3.63, 3.8) is 0 Å². The van der Waals surface area contributed by atoms with Gasteiger partial charge in [0.15, 0.2) is 5.13 Å². The lowest BCUT2D eigenvalue weighted by Crippen LogP contribution is -2.52. The largest absolute Gasteiger partial charge is 0.768 e. The highest BCUT2D eigenvalue weighted by atomic mass is 32.2. The quantitative estimate of drug-likeness (QED) is 0.491. The molecular weight excluding hydrogens is 501 g/mol. The minimum atomic E-state index is -2.27. The summed E-state index contributed by atoms with van der Waals surface area (Å²) >= 11 is -0.821. The molecule has 2 saturated heterocycles. The van der Waals surface area contributed by atoms with Crippen molar-refractivity contribution in [2.45, 2.75) is 30.3 Å². The summed E-state index contributed by atoms with van der Waals surface area (Å²) in [4.78, 5) is 23.3. The van der Waals surface area contributed by atoms with Gasteiger partial charge in [-0.1, -0.05) is 12.1 Å². The van der Waals surface area contributed by atoms with Crippen molar-refractivity contribution in [2.24, 2.45) is 0 Å². The molecule has 0 aliphatic carbocycles. The fourth-order valence-corrected chi connectivity index (χ4v) is 5.36.